The van der Waals surface area contributed by atoms with Crippen LogP contribution < -0.4 is 5.46 Å². The molecular weight excluding hydrogens is 239 g/mol. The molecule has 0 spiro atoms. The molecule has 1 saturated heterocycles. The molecule has 0 amide bonds. The molecule has 1 heterocycles. The second-order valence-electron chi connectivity index (χ2n) is 6.29. The van der Waals surface area contributed by atoms with Gasteiger partial charge < -0.3 is 14.4 Å². The van der Waals surface area contributed by atoms with Crippen LogP contribution in [0.2, 0.25) is 0 Å². The van der Waals surface area contributed by atoms with Crippen molar-refractivity contribution < 1.29 is 14.4 Å². The Kier molecular flexibility index (Phi) is 3.44. The Morgan fingerprint density at radius 2 is 1.63 bits per heavy atom. The van der Waals surface area contributed by atoms with E-state index in [0.29, 0.717) is 0 Å². The molecule has 0 bridgehead atoms. The van der Waals surface area contributed by atoms with E-state index in [-0.39, 0.29) is 17.0 Å². The second-order valence-corrected chi connectivity index (χ2v) is 6.29. The third-order valence-electron chi connectivity index (χ3n) is 4.32. The maximum atomic E-state index is 10.2. The highest BCUT2D eigenvalue weighted by molar-refractivity contribution is 6.63. The number of phenolic OH excluding ortho intramolecular Hbond substituents is 1. The molecule has 1 fully saturated rings. The maximum Gasteiger partial charge on any atom is 0.498 e. The molecule has 3 nitrogen and oxygen atoms in total. The van der Waals surface area contributed by atoms with E-state index in [1.54, 1.807) is 6.07 Å². The van der Waals surface area contributed by atoms with E-state index in [2.05, 4.69) is 13.0 Å². The predicted octanol–water partition coefficient (Wildman–Crippen LogP) is 2.56. The first-order valence-electron chi connectivity index (χ1n) is 6.86. The first-order chi connectivity index (χ1) is 8.68. The normalized spacial score (nSPS) is 20.8. The van der Waals surface area contributed by atoms with Gasteiger partial charge in [0.05, 0.1) is 11.2 Å². The summed E-state index contributed by atoms with van der Waals surface area (Å²) >= 11 is 0. The van der Waals surface area contributed by atoms with Gasteiger partial charge >= 0.3 is 7.12 Å². The van der Waals surface area contributed by atoms with Gasteiger partial charge in [-0.25, -0.2) is 0 Å². The van der Waals surface area contributed by atoms with Gasteiger partial charge in [-0.15, -0.1) is 0 Å². The first-order valence-corrected chi connectivity index (χ1v) is 6.86. The molecule has 2 rings (SSSR count). The fourth-order valence-corrected chi connectivity index (χ4v) is 2.32. The molecule has 104 valence electrons. The van der Waals surface area contributed by atoms with Crippen LogP contribution in [0.25, 0.3) is 0 Å². The molecule has 0 atom stereocenters. The van der Waals surface area contributed by atoms with E-state index >= 15 is 0 Å². The van der Waals surface area contributed by atoms with Crippen LogP contribution in [0, 0.1) is 6.92 Å². The largest absolute Gasteiger partial charge is 0.508 e. The predicted molar refractivity (Wildman–Crippen MR) is 77.9 cm³/mol. The van der Waals surface area contributed by atoms with Gasteiger partial charge in [0.1, 0.15) is 5.75 Å². The Balaban J connectivity index is 2.40. The molecule has 19 heavy (non-hydrogen) atoms. The summed E-state index contributed by atoms with van der Waals surface area (Å²) in [5.41, 5.74) is 2.10. The van der Waals surface area contributed by atoms with Gasteiger partial charge in [-0.05, 0) is 58.2 Å². The van der Waals surface area contributed by atoms with E-state index in [1.165, 1.54) is 0 Å². The van der Waals surface area contributed by atoms with Crippen molar-refractivity contribution in [3.8, 4) is 5.75 Å². The lowest BCUT2D eigenvalue weighted by atomic mass is 9.75. The molecule has 0 aromatic heterocycles. The summed E-state index contributed by atoms with van der Waals surface area (Å²) in [5, 5.41) is 10.2. The summed E-state index contributed by atoms with van der Waals surface area (Å²) in [6.07, 6.45) is 0.901. The van der Waals surface area contributed by atoms with Crippen LogP contribution in [0.5, 0.6) is 5.75 Å². The number of aromatic hydroxyl groups is 1. The Labute approximate surface area is 116 Å². The third kappa shape index (κ3) is 2.39. The number of benzene rings is 1. The molecule has 0 aliphatic carbocycles. The van der Waals surface area contributed by atoms with Crippen molar-refractivity contribution in [2.24, 2.45) is 0 Å². The minimum atomic E-state index is -0.504. The highest BCUT2D eigenvalue weighted by atomic mass is 16.7. The molecule has 4 heteroatoms. The van der Waals surface area contributed by atoms with Crippen LogP contribution in [-0.4, -0.2) is 23.4 Å². The molecule has 1 aromatic carbocycles. The van der Waals surface area contributed by atoms with E-state index in [0.717, 1.165) is 23.0 Å². The van der Waals surface area contributed by atoms with Crippen molar-refractivity contribution in [3.05, 3.63) is 23.3 Å². The van der Waals surface area contributed by atoms with Gasteiger partial charge in [0.25, 0.3) is 0 Å². The summed E-state index contributed by atoms with van der Waals surface area (Å²) in [6, 6.07) is 3.88. The zero-order valence-corrected chi connectivity index (χ0v) is 12.7. The minimum absolute atomic E-state index is 0.260. The van der Waals surface area contributed by atoms with Crippen LogP contribution in [0.4, 0.5) is 0 Å². The average molecular weight is 262 g/mol. The summed E-state index contributed by atoms with van der Waals surface area (Å²) in [7, 11) is -0.504. The van der Waals surface area contributed by atoms with Crippen molar-refractivity contribution in [2.45, 2.75) is 59.2 Å². The molecule has 0 saturated carbocycles. The van der Waals surface area contributed by atoms with E-state index < -0.39 is 7.12 Å². The summed E-state index contributed by atoms with van der Waals surface area (Å²) in [5.74, 6) is 0.260. The van der Waals surface area contributed by atoms with Gasteiger partial charge in [0.2, 0.25) is 0 Å². The van der Waals surface area contributed by atoms with Crippen molar-refractivity contribution in [2.75, 3.05) is 0 Å². The molecule has 0 radical (unpaired) electrons. The SMILES string of the molecule is CCc1cc(C)c(B2OC(C)(C)C(C)(C)O2)c(O)c1. The van der Waals surface area contributed by atoms with Crippen LogP contribution in [0.1, 0.15) is 45.7 Å². The number of aryl methyl sites for hydroxylation is 2. The summed E-state index contributed by atoms with van der Waals surface area (Å²) in [6.45, 7) is 12.1. The minimum Gasteiger partial charge on any atom is -0.508 e. The smallest absolute Gasteiger partial charge is 0.498 e. The Morgan fingerprint density at radius 3 is 2.05 bits per heavy atom. The van der Waals surface area contributed by atoms with Crippen molar-refractivity contribution in [1.82, 2.24) is 0 Å². The third-order valence-corrected chi connectivity index (χ3v) is 4.32. The van der Waals surface area contributed by atoms with Crippen LogP contribution >= 0.6 is 0 Å². The number of rotatable bonds is 2. The maximum absolute atomic E-state index is 10.2. The number of phenols is 1. The quantitative estimate of drug-likeness (QED) is 0.832. The highest BCUT2D eigenvalue weighted by Crippen LogP contribution is 2.37. The standard InChI is InChI=1S/C15H23BO3/c1-7-11-8-10(2)13(12(17)9-11)16-18-14(3,4)15(5,6)19-16/h8-9,17H,7H2,1-6H3. The van der Waals surface area contributed by atoms with Crippen LogP contribution in [0.3, 0.4) is 0 Å². The molecule has 1 aromatic rings. The summed E-state index contributed by atoms with van der Waals surface area (Å²) in [4.78, 5) is 0. The topological polar surface area (TPSA) is 38.7 Å². The van der Waals surface area contributed by atoms with Crippen molar-refractivity contribution in [3.63, 3.8) is 0 Å². The lowest BCUT2D eigenvalue weighted by Gasteiger charge is -2.32. The zero-order valence-electron chi connectivity index (χ0n) is 12.7. The van der Waals surface area contributed by atoms with E-state index in [9.17, 15) is 5.11 Å². The lowest BCUT2D eigenvalue weighted by Crippen LogP contribution is -2.41. The lowest BCUT2D eigenvalue weighted by molar-refractivity contribution is 0.00578. The molecular formula is C15H23BO3. The highest BCUT2D eigenvalue weighted by Gasteiger charge is 2.52. The summed E-state index contributed by atoms with van der Waals surface area (Å²) < 4.78 is 12.0. The van der Waals surface area contributed by atoms with Crippen LogP contribution in [0.15, 0.2) is 12.1 Å². The fraction of sp³-hybridized carbons (Fsp3) is 0.600. The van der Waals surface area contributed by atoms with E-state index in [4.69, 9.17) is 9.31 Å². The van der Waals surface area contributed by atoms with E-state index in [1.807, 2.05) is 34.6 Å². The molecule has 1 aliphatic rings. The van der Waals surface area contributed by atoms with Gasteiger partial charge in [-0.1, -0.05) is 13.0 Å². The van der Waals surface area contributed by atoms with Crippen LogP contribution in [-0.2, 0) is 15.7 Å². The van der Waals surface area contributed by atoms with Gasteiger partial charge in [-0.3, -0.25) is 0 Å². The Hall–Kier alpha value is -0.995. The zero-order chi connectivity index (χ0) is 14.4. The van der Waals surface area contributed by atoms with Crippen molar-refractivity contribution >= 4 is 12.6 Å². The Bertz CT molecular complexity index is 455. The monoisotopic (exact) mass is 262 g/mol. The second kappa shape index (κ2) is 4.53. The molecule has 1 N–H and O–H groups in total. The fourth-order valence-electron chi connectivity index (χ4n) is 2.32. The number of hydrogen-bond acceptors (Lipinski definition) is 3. The van der Waals surface area contributed by atoms with Gasteiger partial charge in [0.15, 0.2) is 0 Å². The Morgan fingerprint density at radius 1 is 1.11 bits per heavy atom. The van der Waals surface area contributed by atoms with Gasteiger partial charge in [-0.2, -0.15) is 0 Å². The molecule has 1 aliphatic heterocycles. The van der Waals surface area contributed by atoms with Gasteiger partial charge in [0, 0.05) is 5.46 Å². The molecule has 0 unspecified atom stereocenters. The number of hydrogen-bond donors (Lipinski definition) is 1. The first kappa shape index (κ1) is 14.4. The van der Waals surface area contributed by atoms with Crippen molar-refractivity contribution in [1.29, 1.82) is 0 Å². The average Bonchev–Trinajstić information content (AvgIpc) is 2.46.